The molecule has 4 aliphatic rings. The van der Waals surface area contributed by atoms with Crippen LogP contribution in [0.15, 0.2) is 0 Å². The van der Waals surface area contributed by atoms with Crippen molar-refractivity contribution in [1.29, 1.82) is 0 Å². The highest BCUT2D eigenvalue weighted by Gasteiger charge is 2.66. The summed E-state index contributed by atoms with van der Waals surface area (Å²) in [6.45, 7) is 8.40. The number of aliphatic hydroxyl groups is 1. The molecular formula is C22H34B2O2. The molecule has 0 aromatic heterocycles. The Morgan fingerprint density at radius 3 is 2.38 bits per heavy atom. The summed E-state index contributed by atoms with van der Waals surface area (Å²) >= 11 is 0. The minimum atomic E-state index is -0.864. The van der Waals surface area contributed by atoms with Crippen molar-refractivity contribution in [1.82, 2.24) is 0 Å². The van der Waals surface area contributed by atoms with Crippen LogP contribution in [0.2, 0.25) is 11.1 Å². The van der Waals surface area contributed by atoms with Gasteiger partial charge in [0, 0.05) is 0 Å². The fourth-order valence-corrected chi connectivity index (χ4v) is 8.25. The molecule has 4 aliphatic carbocycles. The predicted octanol–water partition coefficient (Wildman–Crippen LogP) is 4.26. The van der Waals surface area contributed by atoms with Gasteiger partial charge in [-0.05, 0) is 98.6 Å². The zero-order valence-corrected chi connectivity index (χ0v) is 17.1. The summed E-state index contributed by atoms with van der Waals surface area (Å²) in [5.41, 5.74) is -0.327. The molecule has 0 saturated heterocycles. The molecule has 4 fully saturated rings. The third kappa shape index (κ3) is 2.26. The molecule has 4 saturated carbocycles. The molecule has 0 bridgehead atoms. The van der Waals surface area contributed by atoms with E-state index in [1.54, 1.807) is 6.92 Å². The van der Waals surface area contributed by atoms with Crippen LogP contribution in [0.5, 0.6) is 0 Å². The molecule has 0 amide bonds. The molecule has 1 unspecified atom stereocenters. The molecule has 4 radical (unpaired) electrons. The molecule has 0 aromatic carbocycles. The van der Waals surface area contributed by atoms with E-state index in [2.05, 4.69) is 13.8 Å². The van der Waals surface area contributed by atoms with Crippen molar-refractivity contribution in [3.63, 3.8) is 0 Å². The number of hydrogen-bond donors (Lipinski definition) is 1. The Morgan fingerprint density at radius 1 is 1.04 bits per heavy atom. The van der Waals surface area contributed by atoms with Crippen molar-refractivity contribution in [3.05, 3.63) is 0 Å². The van der Waals surface area contributed by atoms with E-state index in [0.29, 0.717) is 29.1 Å². The van der Waals surface area contributed by atoms with Crippen molar-refractivity contribution >= 4 is 21.5 Å². The van der Waals surface area contributed by atoms with Gasteiger partial charge in [-0.25, -0.2) is 0 Å². The average Bonchev–Trinajstić information content (AvgIpc) is 2.77. The maximum atomic E-state index is 12.5. The Balaban J connectivity index is 1.66. The van der Waals surface area contributed by atoms with Crippen LogP contribution in [0.25, 0.3) is 0 Å². The normalized spacial score (nSPS) is 59.2. The van der Waals surface area contributed by atoms with Gasteiger partial charge in [0.15, 0.2) is 0 Å². The molecule has 9 atom stereocenters. The first-order valence-electron chi connectivity index (χ1n) is 10.7. The number of fused-ring (bicyclic) bond motifs is 5. The lowest BCUT2D eigenvalue weighted by molar-refractivity contribution is -0.148. The Hall–Kier alpha value is -0.240. The van der Waals surface area contributed by atoms with E-state index in [4.69, 9.17) is 15.7 Å². The van der Waals surface area contributed by atoms with Gasteiger partial charge in [0.05, 0.1) is 21.3 Å². The van der Waals surface area contributed by atoms with Crippen molar-refractivity contribution in [3.8, 4) is 0 Å². The number of Topliss-reactive ketones (excluding diaryl/α,β-unsaturated/α-hetero) is 1. The van der Waals surface area contributed by atoms with Gasteiger partial charge in [-0.2, -0.15) is 0 Å². The summed E-state index contributed by atoms with van der Waals surface area (Å²) in [6.07, 6.45) is 8.47. The first-order valence-corrected chi connectivity index (χ1v) is 10.7. The lowest BCUT2D eigenvalue weighted by Crippen LogP contribution is -2.56. The van der Waals surface area contributed by atoms with Crippen molar-refractivity contribution in [2.45, 2.75) is 95.8 Å². The highest BCUT2D eigenvalue weighted by atomic mass is 16.3. The van der Waals surface area contributed by atoms with E-state index in [-0.39, 0.29) is 17.0 Å². The second kappa shape index (κ2) is 5.65. The fraction of sp³-hybridized carbons (Fsp3) is 0.955. The molecule has 0 aliphatic heterocycles. The number of carbonyl (C=O) groups is 1. The summed E-state index contributed by atoms with van der Waals surface area (Å²) < 4.78 is 0. The van der Waals surface area contributed by atoms with Gasteiger partial charge in [0.2, 0.25) is 0 Å². The topological polar surface area (TPSA) is 37.3 Å². The highest BCUT2D eigenvalue weighted by Crippen LogP contribution is 2.74. The van der Waals surface area contributed by atoms with Gasteiger partial charge in [-0.3, -0.25) is 0 Å². The maximum absolute atomic E-state index is 12.5. The van der Waals surface area contributed by atoms with E-state index in [1.807, 2.05) is 6.92 Å². The summed E-state index contributed by atoms with van der Waals surface area (Å²) in [4.78, 5) is 12.5. The predicted molar refractivity (Wildman–Crippen MR) is 106 cm³/mol. The van der Waals surface area contributed by atoms with Crippen LogP contribution in [0, 0.1) is 34.5 Å². The molecule has 0 heterocycles. The molecule has 140 valence electrons. The van der Waals surface area contributed by atoms with Crippen LogP contribution in [-0.2, 0) is 4.79 Å². The number of hydrogen-bond acceptors (Lipinski definition) is 2. The van der Waals surface area contributed by atoms with Gasteiger partial charge in [0.25, 0.3) is 0 Å². The van der Waals surface area contributed by atoms with Crippen molar-refractivity contribution in [2.24, 2.45) is 34.5 Å². The van der Waals surface area contributed by atoms with Gasteiger partial charge in [-0.15, -0.1) is 0 Å². The highest BCUT2D eigenvalue weighted by molar-refractivity contribution is 6.35. The quantitative estimate of drug-likeness (QED) is 0.716. The monoisotopic (exact) mass is 352 g/mol. The van der Waals surface area contributed by atoms with E-state index >= 15 is 0 Å². The van der Waals surface area contributed by atoms with Crippen LogP contribution in [0.4, 0.5) is 0 Å². The smallest absolute Gasteiger partial charge is 0.127 e. The first kappa shape index (κ1) is 19.1. The lowest BCUT2D eigenvalue weighted by atomic mass is 9.39. The summed E-state index contributed by atoms with van der Waals surface area (Å²) in [5, 5.41) is 9.74. The summed E-state index contributed by atoms with van der Waals surface area (Å²) in [7, 11) is 13.3. The second-order valence-electron chi connectivity index (χ2n) is 11.1. The molecular weight excluding hydrogens is 318 g/mol. The summed E-state index contributed by atoms with van der Waals surface area (Å²) in [5.74, 6) is 2.27. The molecule has 0 spiro atoms. The molecule has 4 heteroatoms. The Bertz CT molecular complexity index is 619. The van der Waals surface area contributed by atoms with E-state index in [9.17, 15) is 9.90 Å². The largest absolute Gasteiger partial charge is 0.390 e. The van der Waals surface area contributed by atoms with E-state index in [1.165, 1.54) is 12.8 Å². The van der Waals surface area contributed by atoms with E-state index < -0.39 is 10.9 Å². The molecule has 1 N–H and O–H groups in total. The first-order chi connectivity index (χ1) is 12.0. The molecule has 4 rings (SSSR count). The Labute approximate surface area is 162 Å². The van der Waals surface area contributed by atoms with Gasteiger partial charge in [0.1, 0.15) is 5.78 Å². The number of carbonyl (C=O) groups excluding carboxylic acids is 1. The molecule has 26 heavy (non-hydrogen) atoms. The third-order valence-corrected chi connectivity index (χ3v) is 9.96. The van der Waals surface area contributed by atoms with Gasteiger partial charge >= 0.3 is 0 Å². The second-order valence-corrected chi connectivity index (χ2v) is 11.1. The Kier molecular flexibility index (Phi) is 4.15. The van der Waals surface area contributed by atoms with Crippen LogP contribution >= 0.6 is 0 Å². The fourth-order valence-electron chi connectivity index (χ4n) is 8.25. The zero-order chi connectivity index (χ0) is 19.1. The van der Waals surface area contributed by atoms with E-state index in [0.717, 1.165) is 38.5 Å². The van der Waals surface area contributed by atoms with Crippen LogP contribution in [-0.4, -0.2) is 32.2 Å². The lowest BCUT2D eigenvalue weighted by Gasteiger charge is -2.62. The van der Waals surface area contributed by atoms with Crippen LogP contribution < -0.4 is 0 Å². The molecule has 0 aromatic rings. The third-order valence-electron chi connectivity index (χ3n) is 9.96. The number of rotatable bonds is 1. The standard InChI is InChI=1S/C22H34B2O2/c1-13(25)22(24)18(23)11-17-15-6-5-14-12-19(2,26)9-10-20(14,3)16(15)7-8-21(17,22)4/h14-18,26H,5-12H2,1-4H3/t14-,15+,16-,17-,18?,19+,20-,21-,22+/m0/s1. The van der Waals surface area contributed by atoms with Crippen LogP contribution in [0.3, 0.4) is 0 Å². The zero-order valence-electron chi connectivity index (χ0n) is 17.1. The van der Waals surface area contributed by atoms with Crippen molar-refractivity contribution < 1.29 is 9.90 Å². The SMILES string of the molecule is [B]C1C[C@H]2[C@@H]3CC[C@H]4C[C@](C)(O)CC[C@]4(C)[C@H]3CC[C@]2(C)[C@@]1([B])C(C)=O. The minimum Gasteiger partial charge on any atom is -0.390 e. The summed E-state index contributed by atoms with van der Waals surface area (Å²) in [6, 6.07) is 0. The van der Waals surface area contributed by atoms with Crippen LogP contribution in [0.1, 0.15) is 79.1 Å². The molecule has 2 nitrogen and oxygen atoms in total. The maximum Gasteiger partial charge on any atom is 0.127 e. The van der Waals surface area contributed by atoms with Crippen molar-refractivity contribution in [2.75, 3.05) is 0 Å². The van der Waals surface area contributed by atoms with Gasteiger partial charge in [-0.1, -0.05) is 26.1 Å². The minimum absolute atomic E-state index is 0.0714. The number of ketones is 1. The Morgan fingerprint density at radius 2 is 1.73 bits per heavy atom. The average molecular weight is 352 g/mol. The van der Waals surface area contributed by atoms with Gasteiger partial charge < -0.3 is 9.90 Å².